The molecule has 0 bridgehead atoms. The Morgan fingerprint density at radius 3 is 2.68 bits per heavy atom. The predicted molar refractivity (Wildman–Crippen MR) is 111 cm³/mol. The quantitative estimate of drug-likeness (QED) is 0.446. The Kier molecular flexibility index (Phi) is 3.98. The number of hydrogen-bond donors (Lipinski definition) is 4. The highest BCUT2D eigenvalue weighted by atomic mass is 16.1. The zero-order chi connectivity index (χ0) is 19.1. The average Bonchev–Trinajstić information content (AvgIpc) is 3.36. The maximum atomic E-state index is 12.5. The first-order valence-corrected chi connectivity index (χ1v) is 9.44. The van der Waals surface area contributed by atoms with Crippen molar-refractivity contribution in [2.45, 2.75) is 12.5 Å². The predicted octanol–water partition coefficient (Wildman–Crippen LogP) is 2.77. The molecule has 0 aliphatic carbocycles. The molecule has 2 aromatic carbocycles. The van der Waals surface area contributed by atoms with Crippen LogP contribution in [0.4, 0.5) is 0 Å². The van der Waals surface area contributed by atoms with Crippen LogP contribution in [0.15, 0.2) is 59.4 Å². The van der Waals surface area contributed by atoms with Crippen LogP contribution in [0.1, 0.15) is 16.8 Å². The van der Waals surface area contributed by atoms with Gasteiger partial charge in [0.1, 0.15) is 0 Å². The lowest BCUT2D eigenvalue weighted by Gasteiger charge is -2.11. The number of benzene rings is 2. The van der Waals surface area contributed by atoms with Crippen LogP contribution in [-0.2, 0) is 0 Å². The third-order valence-electron chi connectivity index (χ3n) is 5.32. The lowest BCUT2D eigenvalue weighted by Crippen LogP contribution is -2.36. The van der Waals surface area contributed by atoms with Crippen molar-refractivity contribution in [1.29, 1.82) is 0 Å². The highest BCUT2D eigenvalue weighted by molar-refractivity contribution is 5.99. The molecule has 0 saturated carbocycles. The van der Waals surface area contributed by atoms with Gasteiger partial charge in [0.05, 0.1) is 11.3 Å². The number of rotatable bonds is 3. The van der Waals surface area contributed by atoms with Gasteiger partial charge in [-0.25, -0.2) is 0 Å². The minimum Gasteiger partial charge on any atom is -0.354 e. The highest BCUT2D eigenvalue weighted by Gasteiger charge is 2.18. The molecule has 1 aliphatic rings. The summed E-state index contributed by atoms with van der Waals surface area (Å²) in [6.45, 7) is 1.75. The first-order chi connectivity index (χ1) is 13.7. The van der Waals surface area contributed by atoms with Gasteiger partial charge in [0.15, 0.2) is 0 Å². The van der Waals surface area contributed by atoms with Gasteiger partial charge in [0.25, 0.3) is 11.5 Å². The van der Waals surface area contributed by atoms with Gasteiger partial charge in [-0.2, -0.15) is 0 Å². The molecule has 1 fully saturated rings. The Balaban J connectivity index is 1.51. The van der Waals surface area contributed by atoms with Crippen molar-refractivity contribution in [2.75, 3.05) is 13.1 Å². The number of hydrogen-bond acceptors (Lipinski definition) is 3. The van der Waals surface area contributed by atoms with Crippen molar-refractivity contribution in [1.82, 2.24) is 20.6 Å². The molecule has 0 radical (unpaired) electrons. The molecule has 1 unspecified atom stereocenters. The van der Waals surface area contributed by atoms with Crippen LogP contribution in [-0.4, -0.2) is 35.0 Å². The summed E-state index contributed by atoms with van der Waals surface area (Å²) >= 11 is 0. The van der Waals surface area contributed by atoms with Crippen LogP contribution in [0, 0.1) is 0 Å². The lowest BCUT2D eigenvalue weighted by atomic mass is 10.1. The highest BCUT2D eigenvalue weighted by Crippen LogP contribution is 2.25. The normalized spacial score (nSPS) is 16.6. The van der Waals surface area contributed by atoms with Crippen LogP contribution >= 0.6 is 0 Å². The fourth-order valence-electron chi connectivity index (χ4n) is 3.81. The third-order valence-corrected chi connectivity index (χ3v) is 5.32. The Bertz CT molecular complexity index is 1250. The van der Waals surface area contributed by atoms with E-state index < -0.39 is 0 Å². The zero-order valence-electron chi connectivity index (χ0n) is 15.2. The molecule has 2 aromatic heterocycles. The summed E-state index contributed by atoms with van der Waals surface area (Å²) in [6.07, 6.45) is 0.951. The molecule has 6 nitrogen and oxygen atoms in total. The zero-order valence-corrected chi connectivity index (χ0v) is 15.2. The molecule has 1 aliphatic heterocycles. The summed E-state index contributed by atoms with van der Waals surface area (Å²) in [5.41, 5.74) is 3.50. The second-order valence-electron chi connectivity index (χ2n) is 7.25. The average molecular weight is 372 g/mol. The van der Waals surface area contributed by atoms with Crippen molar-refractivity contribution in [3.8, 4) is 11.3 Å². The molecule has 1 atom stereocenters. The molecule has 3 heterocycles. The second-order valence-corrected chi connectivity index (χ2v) is 7.25. The van der Waals surface area contributed by atoms with Crippen molar-refractivity contribution >= 4 is 27.7 Å². The summed E-state index contributed by atoms with van der Waals surface area (Å²) in [5, 5.41) is 8.18. The number of pyridine rings is 1. The van der Waals surface area contributed by atoms with Crippen molar-refractivity contribution < 1.29 is 4.79 Å². The lowest BCUT2D eigenvalue weighted by molar-refractivity contribution is 0.0940. The van der Waals surface area contributed by atoms with E-state index in [-0.39, 0.29) is 17.5 Å². The molecule has 4 aromatic rings. The number of aromatic nitrogens is 2. The van der Waals surface area contributed by atoms with Crippen molar-refractivity contribution in [3.63, 3.8) is 0 Å². The van der Waals surface area contributed by atoms with Crippen LogP contribution in [0.25, 0.3) is 33.1 Å². The SMILES string of the molecule is O=C(NC1CCNC1)c1ccc2[nH]c(-c3cc4ccccc4[nH]c3=O)cc2c1. The number of fused-ring (bicyclic) bond motifs is 2. The van der Waals surface area contributed by atoms with Gasteiger partial charge in [-0.15, -0.1) is 0 Å². The second kappa shape index (κ2) is 6.65. The molecule has 28 heavy (non-hydrogen) atoms. The van der Waals surface area contributed by atoms with Crippen molar-refractivity contribution in [2.24, 2.45) is 0 Å². The van der Waals surface area contributed by atoms with E-state index in [2.05, 4.69) is 20.6 Å². The van der Waals surface area contributed by atoms with Crippen LogP contribution < -0.4 is 16.2 Å². The van der Waals surface area contributed by atoms with Gasteiger partial charge in [-0.1, -0.05) is 18.2 Å². The molecular weight excluding hydrogens is 352 g/mol. The molecule has 0 spiro atoms. The molecule has 6 heteroatoms. The van der Waals surface area contributed by atoms with E-state index in [0.29, 0.717) is 11.1 Å². The van der Waals surface area contributed by atoms with E-state index in [1.165, 1.54) is 0 Å². The summed E-state index contributed by atoms with van der Waals surface area (Å²) in [6, 6.07) is 17.2. The molecular formula is C22H20N4O2. The van der Waals surface area contributed by atoms with Crippen molar-refractivity contribution in [3.05, 3.63) is 70.5 Å². The Morgan fingerprint density at radius 1 is 0.964 bits per heavy atom. The number of carbonyl (C=O) groups excluding carboxylic acids is 1. The molecule has 4 N–H and O–H groups in total. The van der Waals surface area contributed by atoms with E-state index in [1.54, 1.807) is 0 Å². The van der Waals surface area contributed by atoms with Gasteiger partial charge in [0.2, 0.25) is 0 Å². The van der Waals surface area contributed by atoms with E-state index in [1.807, 2.05) is 54.6 Å². The summed E-state index contributed by atoms with van der Waals surface area (Å²) in [7, 11) is 0. The topological polar surface area (TPSA) is 89.8 Å². The summed E-state index contributed by atoms with van der Waals surface area (Å²) in [5.74, 6) is -0.0677. The van der Waals surface area contributed by atoms with E-state index in [9.17, 15) is 9.59 Å². The van der Waals surface area contributed by atoms with E-state index in [0.717, 1.165) is 47.0 Å². The van der Waals surface area contributed by atoms with Gasteiger partial charge < -0.3 is 20.6 Å². The number of amides is 1. The monoisotopic (exact) mass is 372 g/mol. The van der Waals surface area contributed by atoms with Gasteiger partial charge >= 0.3 is 0 Å². The van der Waals surface area contributed by atoms with Gasteiger partial charge in [0, 0.05) is 34.6 Å². The van der Waals surface area contributed by atoms with Crippen LogP contribution in [0.3, 0.4) is 0 Å². The molecule has 1 amide bonds. The Hall–Kier alpha value is -3.38. The summed E-state index contributed by atoms with van der Waals surface area (Å²) in [4.78, 5) is 31.3. The molecule has 140 valence electrons. The van der Waals surface area contributed by atoms with E-state index in [4.69, 9.17) is 0 Å². The minimum atomic E-state index is -0.142. The largest absolute Gasteiger partial charge is 0.354 e. The number of aromatic amines is 2. The maximum absolute atomic E-state index is 12.5. The standard InChI is InChI=1S/C22H20N4O2/c27-21(24-16-7-8-23-12-16)14-5-6-19-15(9-14)11-20(25-19)17-10-13-3-1-2-4-18(13)26-22(17)28/h1-6,9-11,16,23,25H,7-8,12H2,(H,24,27)(H,26,28). The van der Waals surface area contributed by atoms with Gasteiger partial charge in [-0.3, -0.25) is 9.59 Å². The summed E-state index contributed by atoms with van der Waals surface area (Å²) < 4.78 is 0. The van der Waals surface area contributed by atoms with E-state index >= 15 is 0 Å². The molecule has 5 rings (SSSR count). The first-order valence-electron chi connectivity index (χ1n) is 9.44. The smallest absolute Gasteiger partial charge is 0.257 e. The number of H-pyrrole nitrogens is 2. The molecule has 1 saturated heterocycles. The number of nitrogens with one attached hydrogen (secondary N) is 4. The van der Waals surface area contributed by atoms with Crippen LogP contribution in [0.2, 0.25) is 0 Å². The minimum absolute atomic E-state index is 0.0677. The number of para-hydroxylation sites is 1. The number of carbonyl (C=O) groups is 1. The first kappa shape index (κ1) is 16.8. The van der Waals surface area contributed by atoms with Crippen LogP contribution in [0.5, 0.6) is 0 Å². The Morgan fingerprint density at radius 2 is 1.82 bits per heavy atom. The Labute approximate surface area is 161 Å². The maximum Gasteiger partial charge on any atom is 0.257 e. The fraction of sp³-hybridized carbons (Fsp3) is 0.182. The fourth-order valence-corrected chi connectivity index (χ4v) is 3.81. The third kappa shape index (κ3) is 2.97. The van der Waals surface area contributed by atoms with Gasteiger partial charge in [-0.05, 0) is 54.8 Å².